The van der Waals surface area contributed by atoms with E-state index in [0.29, 0.717) is 35.3 Å². The Morgan fingerprint density at radius 2 is 1.91 bits per heavy atom. The SMILES string of the molecule is CCCN1CCCC1=O.CNC(=O)/C=C(\CCc1ccc(N=C(N)N)cc1)N=C(NC(C)=O)SC. The Morgan fingerprint density at radius 3 is 2.40 bits per heavy atom. The van der Waals surface area contributed by atoms with Gasteiger partial charge >= 0.3 is 0 Å². The third kappa shape index (κ3) is 12.6. The number of rotatable bonds is 8. The highest BCUT2D eigenvalue weighted by Crippen LogP contribution is 2.17. The lowest BCUT2D eigenvalue weighted by Gasteiger charge is -2.12. The maximum atomic E-state index is 11.7. The molecule has 10 nitrogen and oxygen atoms in total. The maximum Gasteiger partial charge on any atom is 0.245 e. The number of aliphatic imine (C=N–C) groups is 2. The second-order valence-electron chi connectivity index (χ2n) is 7.74. The fourth-order valence-corrected chi connectivity index (χ4v) is 3.61. The van der Waals surface area contributed by atoms with E-state index in [1.54, 1.807) is 13.3 Å². The Balaban J connectivity index is 0.000000566. The zero-order valence-electron chi connectivity index (χ0n) is 21.0. The number of hydrogen-bond donors (Lipinski definition) is 4. The van der Waals surface area contributed by atoms with Gasteiger partial charge in [-0.2, -0.15) is 0 Å². The number of amidine groups is 1. The molecule has 0 unspecified atom stereocenters. The zero-order valence-corrected chi connectivity index (χ0v) is 21.8. The molecule has 192 valence electrons. The van der Waals surface area contributed by atoms with Crippen LogP contribution in [0.15, 0.2) is 46.0 Å². The van der Waals surface area contributed by atoms with E-state index in [4.69, 9.17) is 11.5 Å². The van der Waals surface area contributed by atoms with E-state index >= 15 is 0 Å². The number of likely N-dealkylation sites (tertiary alicyclic amines) is 1. The lowest BCUT2D eigenvalue weighted by Crippen LogP contribution is -2.25. The molecule has 1 aliphatic rings. The van der Waals surface area contributed by atoms with Crippen LogP contribution in [0.5, 0.6) is 0 Å². The first kappa shape index (κ1) is 29.7. The summed E-state index contributed by atoms with van der Waals surface area (Å²) in [7, 11) is 1.55. The normalized spacial score (nSPS) is 13.6. The van der Waals surface area contributed by atoms with Gasteiger partial charge < -0.3 is 27.0 Å². The lowest BCUT2D eigenvalue weighted by atomic mass is 10.1. The van der Waals surface area contributed by atoms with E-state index in [9.17, 15) is 14.4 Å². The molecule has 0 spiro atoms. The first-order chi connectivity index (χ1) is 16.7. The van der Waals surface area contributed by atoms with Crippen molar-refractivity contribution in [2.24, 2.45) is 21.5 Å². The number of nitrogens with one attached hydrogen (secondary N) is 2. The van der Waals surface area contributed by atoms with Crippen LogP contribution in [-0.2, 0) is 20.8 Å². The summed E-state index contributed by atoms with van der Waals surface area (Å²) >= 11 is 1.30. The lowest BCUT2D eigenvalue weighted by molar-refractivity contribution is -0.127. The molecule has 1 saturated heterocycles. The van der Waals surface area contributed by atoms with Crippen molar-refractivity contribution in [3.05, 3.63) is 41.6 Å². The molecule has 0 saturated carbocycles. The van der Waals surface area contributed by atoms with Crippen molar-refractivity contribution in [3.63, 3.8) is 0 Å². The average molecular weight is 504 g/mol. The second kappa shape index (κ2) is 16.3. The van der Waals surface area contributed by atoms with Gasteiger partial charge in [-0.1, -0.05) is 30.8 Å². The van der Waals surface area contributed by atoms with Crippen LogP contribution < -0.4 is 22.1 Å². The highest BCUT2D eigenvalue weighted by Gasteiger charge is 2.18. The fourth-order valence-electron chi connectivity index (χ4n) is 3.16. The minimum absolute atomic E-state index is 0.00505. The van der Waals surface area contributed by atoms with Gasteiger partial charge in [0.15, 0.2) is 11.1 Å². The van der Waals surface area contributed by atoms with Gasteiger partial charge in [0.2, 0.25) is 17.7 Å². The predicted octanol–water partition coefficient (Wildman–Crippen LogP) is 2.03. The van der Waals surface area contributed by atoms with Crippen molar-refractivity contribution in [1.82, 2.24) is 15.5 Å². The van der Waals surface area contributed by atoms with Crippen molar-refractivity contribution in [2.75, 3.05) is 26.4 Å². The molecule has 35 heavy (non-hydrogen) atoms. The number of benzene rings is 1. The van der Waals surface area contributed by atoms with Crippen molar-refractivity contribution in [2.45, 2.75) is 46.0 Å². The molecule has 2 rings (SSSR count). The molecule has 1 aromatic rings. The first-order valence-corrected chi connectivity index (χ1v) is 12.7. The standard InChI is InChI=1S/C17H24N6O2S.C7H13NO/c1-11(24)21-17(26-3)23-14(10-15(25)20-2)9-6-12-4-7-13(8-5-12)22-16(18)19;1-2-5-8-6-3-4-7(8)9/h4-5,7-8,10H,6,9H2,1-3H3,(H,20,25)(H4,18,19,22)(H,21,23,24);2-6H2,1H3/b14-10+;. The van der Waals surface area contributed by atoms with E-state index < -0.39 is 0 Å². The minimum atomic E-state index is -0.255. The van der Waals surface area contributed by atoms with Crippen LogP contribution in [0.3, 0.4) is 0 Å². The molecule has 0 atom stereocenters. The van der Waals surface area contributed by atoms with Crippen LogP contribution >= 0.6 is 11.8 Å². The molecular formula is C24H37N7O3S. The van der Waals surface area contributed by atoms with Gasteiger partial charge in [0.25, 0.3) is 0 Å². The molecule has 1 heterocycles. The molecule has 0 bridgehead atoms. The Labute approximate surface area is 211 Å². The number of hydrogen-bond acceptors (Lipinski definition) is 6. The minimum Gasteiger partial charge on any atom is -0.370 e. The van der Waals surface area contributed by atoms with Crippen molar-refractivity contribution in [3.8, 4) is 0 Å². The molecule has 0 radical (unpaired) electrons. The summed E-state index contributed by atoms with van der Waals surface area (Å²) in [5.41, 5.74) is 13.0. The zero-order chi connectivity index (χ0) is 26.2. The smallest absolute Gasteiger partial charge is 0.245 e. The Kier molecular flexibility index (Phi) is 13.8. The maximum absolute atomic E-state index is 11.7. The molecule has 3 amide bonds. The van der Waals surface area contributed by atoms with Crippen LogP contribution in [0.1, 0.15) is 45.1 Å². The number of carbonyl (C=O) groups is 3. The highest BCUT2D eigenvalue weighted by atomic mass is 32.2. The summed E-state index contributed by atoms with van der Waals surface area (Å²) in [6, 6.07) is 7.44. The number of guanidine groups is 1. The number of likely N-dealkylation sites (N-methyl/N-ethyl adjacent to an activating group) is 1. The van der Waals surface area contributed by atoms with Gasteiger partial charge in [-0.25, -0.2) is 9.98 Å². The summed E-state index contributed by atoms with van der Waals surface area (Å²) in [4.78, 5) is 44.1. The van der Waals surface area contributed by atoms with E-state index in [1.165, 1.54) is 24.8 Å². The van der Waals surface area contributed by atoms with Crippen LogP contribution in [0.4, 0.5) is 5.69 Å². The van der Waals surface area contributed by atoms with Crippen LogP contribution in [0, 0.1) is 0 Å². The summed E-state index contributed by atoms with van der Waals surface area (Å²) in [5, 5.41) is 5.61. The van der Waals surface area contributed by atoms with Gasteiger partial charge in [0.1, 0.15) is 0 Å². The number of nitrogens with two attached hydrogens (primary N) is 2. The van der Waals surface area contributed by atoms with Crippen LogP contribution in [0.2, 0.25) is 0 Å². The van der Waals surface area contributed by atoms with E-state index in [1.807, 2.05) is 29.2 Å². The number of amides is 3. The topological polar surface area (TPSA) is 155 Å². The Bertz CT molecular complexity index is 939. The van der Waals surface area contributed by atoms with Crippen LogP contribution in [0.25, 0.3) is 0 Å². The molecule has 0 aliphatic carbocycles. The summed E-state index contributed by atoms with van der Waals surface area (Å²) in [6.45, 7) is 5.46. The molecule has 0 aromatic heterocycles. The van der Waals surface area contributed by atoms with E-state index in [-0.39, 0.29) is 17.8 Å². The first-order valence-electron chi connectivity index (χ1n) is 11.5. The Hall–Kier alpha value is -3.34. The van der Waals surface area contributed by atoms with Crippen LogP contribution in [-0.4, -0.2) is 60.1 Å². The third-order valence-corrected chi connectivity index (χ3v) is 5.37. The average Bonchev–Trinajstić information content (AvgIpc) is 3.22. The molecule has 1 fully saturated rings. The summed E-state index contributed by atoms with van der Waals surface area (Å²) in [5.74, 6) is -0.120. The van der Waals surface area contributed by atoms with E-state index in [0.717, 1.165) is 37.9 Å². The van der Waals surface area contributed by atoms with Crippen molar-refractivity contribution in [1.29, 1.82) is 0 Å². The fraction of sp³-hybridized carbons (Fsp3) is 0.458. The molecule has 1 aromatic carbocycles. The molecule has 6 N–H and O–H groups in total. The molecule has 1 aliphatic heterocycles. The number of allylic oxidation sites excluding steroid dienone is 1. The quantitative estimate of drug-likeness (QED) is 0.242. The Morgan fingerprint density at radius 1 is 1.23 bits per heavy atom. The summed E-state index contributed by atoms with van der Waals surface area (Å²) < 4.78 is 0. The van der Waals surface area contributed by atoms with Crippen molar-refractivity contribution >= 4 is 46.3 Å². The largest absolute Gasteiger partial charge is 0.370 e. The van der Waals surface area contributed by atoms with E-state index in [2.05, 4.69) is 27.5 Å². The second-order valence-corrected chi connectivity index (χ2v) is 8.53. The number of nitrogens with zero attached hydrogens (tertiary/aromatic N) is 3. The molecular weight excluding hydrogens is 466 g/mol. The predicted molar refractivity (Wildman–Crippen MR) is 143 cm³/mol. The van der Waals surface area contributed by atoms with Crippen molar-refractivity contribution < 1.29 is 14.4 Å². The molecule has 11 heteroatoms. The number of aryl methyl sites for hydroxylation is 1. The monoisotopic (exact) mass is 503 g/mol. The van der Waals surface area contributed by atoms with Gasteiger partial charge in [0, 0.05) is 45.3 Å². The van der Waals surface area contributed by atoms with Gasteiger partial charge in [0.05, 0.1) is 5.69 Å². The number of carbonyl (C=O) groups excluding carboxylic acids is 3. The number of thioether (sulfide) groups is 1. The van der Waals surface area contributed by atoms with Gasteiger partial charge in [-0.05, 0) is 49.6 Å². The third-order valence-electron chi connectivity index (χ3n) is 4.79. The van der Waals surface area contributed by atoms with Gasteiger partial charge in [-0.15, -0.1) is 0 Å². The highest BCUT2D eigenvalue weighted by molar-refractivity contribution is 8.13. The van der Waals surface area contributed by atoms with Gasteiger partial charge in [-0.3, -0.25) is 14.4 Å². The summed E-state index contributed by atoms with van der Waals surface area (Å²) in [6.07, 6.45) is 7.35.